The Morgan fingerprint density at radius 1 is 1.24 bits per heavy atom. The van der Waals surface area contributed by atoms with Crippen LogP contribution in [0.4, 0.5) is 5.82 Å². The molecule has 2 heterocycles. The van der Waals surface area contributed by atoms with Gasteiger partial charge in [0.15, 0.2) is 5.82 Å². The molecular weight excluding hydrogens is 309 g/mol. The molecule has 0 bridgehead atoms. The topological polar surface area (TPSA) is 58.0 Å². The van der Waals surface area contributed by atoms with Gasteiger partial charge >= 0.3 is 0 Å². The van der Waals surface area contributed by atoms with Crippen LogP contribution in [0.2, 0.25) is 10.0 Å². The van der Waals surface area contributed by atoms with Crippen molar-refractivity contribution in [3.63, 3.8) is 0 Å². The number of benzene rings is 1. The molecule has 2 aromatic heterocycles. The van der Waals surface area contributed by atoms with Crippen LogP contribution in [-0.2, 0) is 0 Å². The standard InChI is InChI=1S/C14H15Cl2N5/c1-14(2,3)20-12-11(19-13-17-7-18-21(12)13)9-5-4-8(15)6-10(9)16/h4-7,20H,1-3H3,(H,17,18,19). The Morgan fingerprint density at radius 3 is 2.67 bits per heavy atom. The summed E-state index contributed by atoms with van der Waals surface area (Å²) in [5.74, 6) is 1.40. The monoisotopic (exact) mass is 323 g/mol. The molecule has 7 heteroatoms. The van der Waals surface area contributed by atoms with Crippen molar-refractivity contribution in [1.82, 2.24) is 19.6 Å². The molecule has 0 aliphatic rings. The Labute approximate surface area is 132 Å². The Kier molecular flexibility index (Phi) is 3.34. The van der Waals surface area contributed by atoms with Gasteiger partial charge in [-0.25, -0.2) is 14.5 Å². The quantitative estimate of drug-likeness (QED) is 0.741. The Bertz CT molecular complexity index is 797. The minimum Gasteiger partial charge on any atom is -0.364 e. The van der Waals surface area contributed by atoms with Crippen molar-refractivity contribution in [2.24, 2.45) is 0 Å². The molecule has 5 nitrogen and oxygen atoms in total. The van der Waals surface area contributed by atoms with Gasteiger partial charge in [0.25, 0.3) is 5.78 Å². The predicted octanol–water partition coefficient (Wildman–Crippen LogP) is 4.24. The third kappa shape index (κ3) is 2.71. The summed E-state index contributed by atoms with van der Waals surface area (Å²) < 4.78 is 1.80. The number of aromatic nitrogens is 4. The average molecular weight is 324 g/mol. The highest BCUT2D eigenvalue weighted by molar-refractivity contribution is 6.36. The summed E-state index contributed by atoms with van der Waals surface area (Å²) in [6.07, 6.45) is 1.60. The van der Waals surface area contributed by atoms with Crippen LogP contribution in [-0.4, -0.2) is 25.1 Å². The van der Waals surface area contributed by atoms with E-state index in [-0.39, 0.29) is 5.54 Å². The van der Waals surface area contributed by atoms with Crippen LogP contribution in [0.1, 0.15) is 20.8 Å². The SMILES string of the molecule is CC(C)(C)Nc1c(-c2ccc(Cl)cc2Cl)nc2nc[nH]n12. The fourth-order valence-electron chi connectivity index (χ4n) is 2.10. The van der Waals surface area contributed by atoms with Gasteiger partial charge in [-0.2, -0.15) is 0 Å². The van der Waals surface area contributed by atoms with Gasteiger partial charge in [0.05, 0.1) is 5.02 Å². The first kappa shape index (κ1) is 14.2. The molecular formula is C14H15Cl2N5. The van der Waals surface area contributed by atoms with Crippen LogP contribution < -0.4 is 5.32 Å². The number of hydrogen-bond donors (Lipinski definition) is 2. The van der Waals surface area contributed by atoms with E-state index in [4.69, 9.17) is 23.2 Å². The van der Waals surface area contributed by atoms with Crippen molar-refractivity contribution in [2.45, 2.75) is 26.3 Å². The number of rotatable bonds is 2. The number of fused-ring (bicyclic) bond motifs is 1. The van der Waals surface area contributed by atoms with Gasteiger partial charge in [0.2, 0.25) is 0 Å². The molecule has 0 atom stereocenters. The van der Waals surface area contributed by atoms with E-state index in [9.17, 15) is 0 Å². The summed E-state index contributed by atoms with van der Waals surface area (Å²) in [6, 6.07) is 5.37. The summed E-state index contributed by atoms with van der Waals surface area (Å²) in [5.41, 5.74) is 1.42. The number of anilines is 1. The van der Waals surface area contributed by atoms with E-state index < -0.39 is 0 Å². The third-order valence-electron chi connectivity index (χ3n) is 2.91. The van der Waals surface area contributed by atoms with Gasteiger partial charge in [-0.05, 0) is 39.0 Å². The number of aromatic amines is 1. The van der Waals surface area contributed by atoms with Crippen LogP contribution in [0, 0.1) is 0 Å². The highest BCUT2D eigenvalue weighted by Crippen LogP contribution is 2.35. The fraction of sp³-hybridized carbons (Fsp3) is 0.286. The van der Waals surface area contributed by atoms with Gasteiger partial charge in [-0.15, -0.1) is 0 Å². The summed E-state index contributed by atoms with van der Waals surface area (Å²) in [6.45, 7) is 6.24. The Balaban J connectivity index is 2.21. The molecule has 21 heavy (non-hydrogen) atoms. The lowest BCUT2D eigenvalue weighted by atomic mass is 10.1. The molecule has 0 saturated carbocycles. The van der Waals surface area contributed by atoms with Crippen LogP contribution in [0.3, 0.4) is 0 Å². The van der Waals surface area contributed by atoms with E-state index >= 15 is 0 Å². The lowest BCUT2D eigenvalue weighted by Crippen LogP contribution is -2.27. The first-order valence-corrected chi connectivity index (χ1v) is 7.26. The number of nitrogens with zero attached hydrogens (tertiary/aromatic N) is 3. The fourth-order valence-corrected chi connectivity index (χ4v) is 2.60. The molecule has 110 valence electrons. The van der Waals surface area contributed by atoms with Crippen molar-refractivity contribution in [3.05, 3.63) is 34.6 Å². The number of H-pyrrole nitrogens is 1. The maximum absolute atomic E-state index is 6.31. The zero-order valence-corrected chi connectivity index (χ0v) is 13.4. The molecule has 0 unspecified atom stereocenters. The summed E-state index contributed by atoms with van der Waals surface area (Å²) >= 11 is 12.3. The van der Waals surface area contributed by atoms with Crippen LogP contribution in [0.25, 0.3) is 17.0 Å². The second-order valence-corrected chi connectivity index (χ2v) is 6.67. The maximum atomic E-state index is 6.31. The number of nitrogens with one attached hydrogen (secondary N) is 2. The average Bonchev–Trinajstić information content (AvgIpc) is 2.91. The highest BCUT2D eigenvalue weighted by atomic mass is 35.5. The molecule has 3 aromatic rings. The van der Waals surface area contributed by atoms with Crippen molar-refractivity contribution < 1.29 is 0 Å². The lowest BCUT2D eigenvalue weighted by Gasteiger charge is -2.22. The summed E-state index contributed by atoms with van der Waals surface area (Å²) in [4.78, 5) is 8.74. The van der Waals surface area contributed by atoms with Crippen molar-refractivity contribution >= 4 is 34.8 Å². The Hall–Kier alpha value is -1.72. The van der Waals surface area contributed by atoms with Gasteiger partial charge < -0.3 is 5.32 Å². The van der Waals surface area contributed by atoms with E-state index in [1.54, 1.807) is 23.0 Å². The Morgan fingerprint density at radius 2 is 2.00 bits per heavy atom. The summed E-state index contributed by atoms with van der Waals surface area (Å²) in [7, 11) is 0. The zero-order chi connectivity index (χ0) is 15.2. The van der Waals surface area contributed by atoms with E-state index in [1.165, 1.54) is 0 Å². The molecule has 2 N–H and O–H groups in total. The maximum Gasteiger partial charge on any atom is 0.252 e. The first-order valence-electron chi connectivity index (χ1n) is 6.50. The summed E-state index contributed by atoms with van der Waals surface area (Å²) in [5, 5.41) is 7.63. The van der Waals surface area contributed by atoms with Crippen molar-refractivity contribution in [2.75, 3.05) is 5.32 Å². The van der Waals surface area contributed by atoms with Gasteiger partial charge in [-0.1, -0.05) is 23.2 Å². The molecule has 0 radical (unpaired) electrons. The third-order valence-corrected chi connectivity index (χ3v) is 3.45. The lowest BCUT2D eigenvalue weighted by molar-refractivity contribution is 0.627. The minimum absolute atomic E-state index is 0.130. The normalized spacial score (nSPS) is 12.0. The molecule has 1 aromatic carbocycles. The van der Waals surface area contributed by atoms with Gasteiger partial charge in [0.1, 0.15) is 12.0 Å². The second-order valence-electron chi connectivity index (χ2n) is 5.83. The molecule has 0 aliphatic carbocycles. The van der Waals surface area contributed by atoms with Crippen molar-refractivity contribution in [3.8, 4) is 11.3 Å². The second kappa shape index (κ2) is 4.93. The van der Waals surface area contributed by atoms with Crippen LogP contribution in [0.5, 0.6) is 0 Å². The van der Waals surface area contributed by atoms with E-state index in [0.29, 0.717) is 15.8 Å². The molecule has 0 saturated heterocycles. The van der Waals surface area contributed by atoms with Crippen LogP contribution in [0.15, 0.2) is 24.5 Å². The first-order chi connectivity index (χ1) is 9.85. The number of imidazole rings is 1. The molecule has 0 fully saturated rings. The minimum atomic E-state index is -0.130. The number of halogens is 2. The van der Waals surface area contributed by atoms with Crippen molar-refractivity contribution in [1.29, 1.82) is 0 Å². The molecule has 3 rings (SSSR count). The largest absolute Gasteiger partial charge is 0.364 e. The zero-order valence-electron chi connectivity index (χ0n) is 11.9. The molecule has 0 spiro atoms. The van der Waals surface area contributed by atoms with Crippen LogP contribution >= 0.6 is 23.2 Å². The van der Waals surface area contributed by atoms with E-state index in [2.05, 4.69) is 41.2 Å². The number of hydrogen-bond acceptors (Lipinski definition) is 3. The molecule has 0 aliphatic heterocycles. The predicted molar refractivity (Wildman–Crippen MR) is 86.2 cm³/mol. The molecule has 0 amide bonds. The van der Waals surface area contributed by atoms with E-state index in [1.807, 2.05) is 6.07 Å². The van der Waals surface area contributed by atoms with Gasteiger partial charge in [-0.3, -0.25) is 5.10 Å². The van der Waals surface area contributed by atoms with Gasteiger partial charge in [0, 0.05) is 16.1 Å². The van der Waals surface area contributed by atoms with E-state index in [0.717, 1.165) is 17.1 Å². The highest BCUT2D eigenvalue weighted by Gasteiger charge is 2.21. The smallest absolute Gasteiger partial charge is 0.252 e.